The van der Waals surface area contributed by atoms with Gasteiger partial charge in [0.1, 0.15) is 10.6 Å². The first kappa shape index (κ1) is 13.0. The first-order valence-corrected chi connectivity index (χ1v) is 5.93. The summed E-state index contributed by atoms with van der Waals surface area (Å²) >= 11 is 0.830. The topological polar surface area (TPSA) is 101 Å². The van der Waals surface area contributed by atoms with Crippen molar-refractivity contribution in [2.45, 2.75) is 6.92 Å². The van der Waals surface area contributed by atoms with Crippen LogP contribution in [0.4, 0.5) is 0 Å². The number of aromatic carboxylic acids is 2. The smallest absolute Gasteiger partial charge is 0.346 e. The number of rotatable bonds is 3. The summed E-state index contributed by atoms with van der Waals surface area (Å²) in [7, 11) is 0. The Hall–Kier alpha value is -2.41. The van der Waals surface area contributed by atoms with Gasteiger partial charge in [0.2, 0.25) is 0 Å². The Morgan fingerprint density at radius 3 is 2.37 bits per heavy atom. The van der Waals surface area contributed by atoms with E-state index in [4.69, 9.17) is 14.9 Å². The highest BCUT2D eigenvalue weighted by Gasteiger charge is 2.23. The Morgan fingerprint density at radius 1 is 1.16 bits per heavy atom. The zero-order chi connectivity index (χ0) is 14.2. The first-order valence-electron chi connectivity index (χ1n) is 5.11. The summed E-state index contributed by atoms with van der Waals surface area (Å²) in [6, 6.07) is 4.30. The molecule has 1 aromatic heterocycles. The predicted octanol–water partition coefficient (Wildman–Crippen LogP) is 2.22. The number of benzene rings is 1. The molecule has 2 rings (SSSR count). The molecule has 0 radical (unpaired) electrons. The molecule has 2 N–H and O–H groups in total. The summed E-state index contributed by atoms with van der Waals surface area (Å²) in [5, 5.41) is 18.4. The van der Waals surface area contributed by atoms with Crippen LogP contribution in [0.1, 0.15) is 27.0 Å². The molecule has 0 atom stereocenters. The average molecular weight is 280 g/mol. The summed E-state index contributed by atoms with van der Waals surface area (Å²) in [5.41, 5.74) is -0.248. The summed E-state index contributed by atoms with van der Waals surface area (Å²) in [6.07, 6.45) is 0. The van der Waals surface area contributed by atoms with Crippen LogP contribution in [0.25, 0.3) is 10.1 Å². The van der Waals surface area contributed by atoms with Gasteiger partial charge in [0, 0.05) is 17.0 Å². The lowest BCUT2D eigenvalue weighted by Crippen LogP contribution is -2.04. The fraction of sp³-hybridized carbons (Fsp3) is 0.0833. The molecule has 0 bridgehead atoms. The molecule has 2 aromatic rings. The molecule has 7 heteroatoms. The molecule has 19 heavy (non-hydrogen) atoms. The SMILES string of the molecule is CC(=O)Oc1ccc2c(C(=O)O)c(C(=O)O)sc2c1. The highest BCUT2D eigenvalue weighted by atomic mass is 32.1. The van der Waals surface area contributed by atoms with E-state index in [-0.39, 0.29) is 16.2 Å². The number of carbonyl (C=O) groups is 3. The largest absolute Gasteiger partial charge is 0.478 e. The van der Waals surface area contributed by atoms with Crippen LogP contribution in [0.3, 0.4) is 0 Å². The highest BCUT2D eigenvalue weighted by Crippen LogP contribution is 2.34. The quantitative estimate of drug-likeness (QED) is 0.660. The van der Waals surface area contributed by atoms with Crippen molar-refractivity contribution in [3.8, 4) is 5.75 Å². The zero-order valence-corrected chi connectivity index (χ0v) is 10.5. The second-order valence-electron chi connectivity index (χ2n) is 3.67. The van der Waals surface area contributed by atoms with Crippen LogP contribution in [0, 0.1) is 0 Å². The van der Waals surface area contributed by atoms with Crippen LogP contribution >= 0.6 is 11.3 Å². The van der Waals surface area contributed by atoms with E-state index in [0.29, 0.717) is 10.1 Å². The monoisotopic (exact) mass is 280 g/mol. The molecule has 0 aliphatic heterocycles. The Labute approximate surface area is 110 Å². The van der Waals surface area contributed by atoms with Crippen LogP contribution in [0.5, 0.6) is 5.75 Å². The number of esters is 1. The Morgan fingerprint density at radius 2 is 1.84 bits per heavy atom. The molecular formula is C12H8O6S. The van der Waals surface area contributed by atoms with Crippen molar-refractivity contribution in [1.82, 2.24) is 0 Å². The second kappa shape index (κ2) is 4.69. The molecule has 0 spiro atoms. The fourth-order valence-corrected chi connectivity index (χ4v) is 2.73. The van der Waals surface area contributed by atoms with Crippen LogP contribution < -0.4 is 4.74 Å². The summed E-state index contributed by atoms with van der Waals surface area (Å²) in [4.78, 5) is 32.7. The van der Waals surface area contributed by atoms with Gasteiger partial charge in [-0.25, -0.2) is 9.59 Å². The maximum absolute atomic E-state index is 11.1. The van der Waals surface area contributed by atoms with Crippen LogP contribution in [-0.4, -0.2) is 28.1 Å². The van der Waals surface area contributed by atoms with E-state index in [0.717, 1.165) is 11.3 Å². The molecule has 1 heterocycles. The summed E-state index contributed by atoms with van der Waals surface area (Å²) < 4.78 is 5.30. The number of carboxylic acids is 2. The minimum atomic E-state index is -1.30. The maximum atomic E-state index is 11.1. The standard InChI is InChI=1S/C12H8O6S/c1-5(13)18-6-2-3-7-8(4-6)19-10(12(16)17)9(7)11(14)15/h2-4H,1H3,(H,14,15)(H,16,17). The van der Waals surface area contributed by atoms with E-state index < -0.39 is 17.9 Å². The van der Waals surface area contributed by atoms with Crippen molar-refractivity contribution in [2.75, 3.05) is 0 Å². The number of carbonyl (C=O) groups excluding carboxylic acids is 1. The molecule has 0 saturated carbocycles. The summed E-state index contributed by atoms with van der Waals surface area (Å²) in [6.45, 7) is 1.24. The lowest BCUT2D eigenvalue weighted by atomic mass is 10.1. The first-order chi connectivity index (χ1) is 8.90. The Bertz CT molecular complexity index is 700. The third kappa shape index (κ3) is 2.41. The van der Waals surface area contributed by atoms with Crippen molar-refractivity contribution < 1.29 is 29.3 Å². The molecule has 0 unspecified atom stereocenters. The van der Waals surface area contributed by atoms with Gasteiger partial charge in [-0.1, -0.05) is 0 Å². The molecule has 0 aliphatic carbocycles. The van der Waals surface area contributed by atoms with Gasteiger partial charge in [-0.3, -0.25) is 4.79 Å². The summed E-state index contributed by atoms with van der Waals surface area (Å²) in [5.74, 6) is -2.86. The van der Waals surface area contributed by atoms with Crippen molar-refractivity contribution in [2.24, 2.45) is 0 Å². The predicted molar refractivity (Wildman–Crippen MR) is 67.1 cm³/mol. The molecule has 0 saturated heterocycles. The molecule has 6 nitrogen and oxygen atoms in total. The minimum absolute atomic E-state index is 0.245. The molecule has 1 aromatic carbocycles. The third-order valence-corrected chi connectivity index (χ3v) is 3.47. The lowest BCUT2D eigenvalue weighted by Gasteiger charge is -2.00. The van der Waals surface area contributed by atoms with Crippen LogP contribution in [0.15, 0.2) is 18.2 Å². The number of thiophene rings is 1. The molecule has 0 fully saturated rings. The molecule has 98 valence electrons. The lowest BCUT2D eigenvalue weighted by molar-refractivity contribution is -0.131. The Balaban J connectivity index is 2.65. The van der Waals surface area contributed by atoms with Gasteiger partial charge in [-0.05, 0) is 18.2 Å². The average Bonchev–Trinajstić information content (AvgIpc) is 2.66. The van der Waals surface area contributed by atoms with Gasteiger partial charge in [0.25, 0.3) is 0 Å². The Kier molecular flexibility index (Phi) is 3.22. The van der Waals surface area contributed by atoms with Crippen molar-refractivity contribution in [3.05, 3.63) is 28.6 Å². The van der Waals surface area contributed by atoms with E-state index in [1.807, 2.05) is 0 Å². The van der Waals surface area contributed by atoms with Gasteiger partial charge in [0.15, 0.2) is 0 Å². The molecular weight excluding hydrogens is 272 g/mol. The normalized spacial score (nSPS) is 10.4. The van der Waals surface area contributed by atoms with Crippen LogP contribution in [0.2, 0.25) is 0 Å². The van der Waals surface area contributed by atoms with Gasteiger partial charge < -0.3 is 14.9 Å². The van der Waals surface area contributed by atoms with Crippen molar-refractivity contribution in [1.29, 1.82) is 0 Å². The number of hydrogen-bond donors (Lipinski definition) is 2. The number of hydrogen-bond acceptors (Lipinski definition) is 5. The van der Waals surface area contributed by atoms with E-state index in [1.165, 1.54) is 25.1 Å². The van der Waals surface area contributed by atoms with E-state index in [2.05, 4.69) is 0 Å². The van der Waals surface area contributed by atoms with Gasteiger partial charge in [0.05, 0.1) is 5.56 Å². The van der Waals surface area contributed by atoms with Crippen molar-refractivity contribution in [3.63, 3.8) is 0 Å². The number of ether oxygens (including phenoxy) is 1. The van der Waals surface area contributed by atoms with Crippen LogP contribution in [-0.2, 0) is 4.79 Å². The van der Waals surface area contributed by atoms with E-state index in [9.17, 15) is 14.4 Å². The number of carboxylic acid groups (broad SMARTS) is 2. The molecule has 0 aliphatic rings. The third-order valence-electron chi connectivity index (χ3n) is 2.33. The van der Waals surface area contributed by atoms with E-state index in [1.54, 1.807) is 0 Å². The van der Waals surface area contributed by atoms with E-state index >= 15 is 0 Å². The van der Waals surface area contributed by atoms with Gasteiger partial charge >= 0.3 is 17.9 Å². The molecule has 0 amide bonds. The second-order valence-corrected chi connectivity index (χ2v) is 4.72. The van der Waals surface area contributed by atoms with Crippen molar-refractivity contribution >= 4 is 39.3 Å². The number of fused-ring (bicyclic) bond motifs is 1. The highest BCUT2D eigenvalue weighted by molar-refractivity contribution is 7.21. The zero-order valence-electron chi connectivity index (χ0n) is 9.67. The van der Waals surface area contributed by atoms with Gasteiger partial charge in [-0.15, -0.1) is 11.3 Å². The fourth-order valence-electron chi connectivity index (χ4n) is 1.67. The van der Waals surface area contributed by atoms with Gasteiger partial charge in [-0.2, -0.15) is 0 Å². The maximum Gasteiger partial charge on any atom is 0.346 e. The minimum Gasteiger partial charge on any atom is -0.478 e.